The summed E-state index contributed by atoms with van der Waals surface area (Å²) in [4.78, 5) is 6.85. The van der Waals surface area contributed by atoms with E-state index in [0.717, 1.165) is 12.4 Å². The van der Waals surface area contributed by atoms with Gasteiger partial charge in [-0.2, -0.15) is 0 Å². The third-order valence-corrected chi connectivity index (χ3v) is 3.13. The number of nitrogens with two attached hydrogens (primary N) is 1. The Kier molecular flexibility index (Phi) is 4.12. The highest BCUT2D eigenvalue weighted by Gasteiger charge is 2.05. The normalized spacial score (nSPS) is 10.2. The molecule has 0 fully saturated rings. The van der Waals surface area contributed by atoms with E-state index in [9.17, 15) is 0 Å². The van der Waals surface area contributed by atoms with Gasteiger partial charge in [0.1, 0.15) is 10.8 Å². The average Bonchev–Trinajstić information content (AvgIpc) is 2.41. The number of hydrogen-bond donors (Lipinski definition) is 1. The zero-order valence-electron chi connectivity index (χ0n) is 11.1. The van der Waals surface area contributed by atoms with E-state index in [1.54, 1.807) is 0 Å². The van der Waals surface area contributed by atoms with Crippen LogP contribution in [0.25, 0.3) is 0 Å². The number of rotatable bonds is 4. The number of benzene rings is 1. The van der Waals surface area contributed by atoms with Crippen LogP contribution in [0.4, 0.5) is 5.82 Å². The molecule has 0 unspecified atom stereocenters. The summed E-state index contributed by atoms with van der Waals surface area (Å²) < 4.78 is 0. The summed E-state index contributed by atoms with van der Waals surface area (Å²) in [6.45, 7) is 2.88. The molecular weight excluding hydrogens is 254 g/mol. The summed E-state index contributed by atoms with van der Waals surface area (Å²) in [5, 5.41) is 0. The van der Waals surface area contributed by atoms with E-state index in [4.69, 9.17) is 18.0 Å². The molecule has 0 aliphatic carbocycles. The molecule has 0 saturated heterocycles. The number of aromatic nitrogens is 1. The predicted octanol–water partition coefficient (Wildman–Crippen LogP) is 2.66. The Hall–Kier alpha value is -1.94. The molecule has 0 saturated carbocycles. The summed E-state index contributed by atoms with van der Waals surface area (Å²) in [5.74, 6) is 0.867. The lowest BCUT2D eigenvalue weighted by atomic mass is 10.1. The Bertz CT molecular complexity index is 578. The van der Waals surface area contributed by atoms with E-state index in [0.29, 0.717) is 10.7 Å². The van der Waals surface area contributed by atoms with E-state index in [1.807, 2.05) is 25.2 Å². The fourth-order valence-electron chi connectivity index (χ4n) is 1.82. The third-order valence-electron chi connectivity index (χ3n) is 2.92. The Morgan fingerprint density at radius 2 is 1.89 bits per heavy atom. The molecule has 2 N–H and O–H groups in total. The van der Waals surface area contributed by atoms with E-state index in [-0.39, 0.29) is 0 Å². The van der Waals surface area contributed by atoms with Crippen molar-refractivity contribution < 1.29 is 0 Å². The molecule has 19 heavy (non-hydrogen) atoms. The number of pyridine rings is 1. The van der Waals surface area contributed by atoms with Crippen LogP contribution in [0.15, 0.2) is 42.5 Å². The summed E-state index contributed by atoms with van der Waals surface area (Å²) >= 11 is 4.95. The van der Waals surface area contributed by atoms with Crippen LogP contribution < -0.4 is 10.6 Å². The smallest absolute Gasteiger partial charge is 0.129 e. The van der Waals surface area contributed by atoms with Crippen LogP contribution in [-0.2, 0) is 6.54 Å². The zero-order chi connectivity index (χ0) is 13.8. The van der Waals surface area contributed by atoms with Gasteiger partial charge in [-0.05, 0) is 24.6 Å². The maximum atomic E-state index is 5.60. The number of hydrogen-bond acceptors (Lipinski definition) is 3. The van der Waals surface area contributed by atoms with Crippen molar-refractivity contribution >= 4 is 23.0 Å². The minimum Gasteiger partial charge on any atom is -0.388 e. The molecule has 0 bridgehead atoms. The minimum absolute atomic E-state index is 0.325. The van der Waals surface area contributed by atoms with Crippen molar-refractivity contribution in [1.29, 1.82) is 0 Å². The van der Waals surface area contributed by atoms with E-state index in [1.165, 1.54) is 11.1 Å². The minimum atomic E-state index is 0.325. The summed E-state index contributed by atoms with van der Waals surface area (Å²) in [7, 11) is 2.01. The zero-order valence-corrected chi connectivity index (χ0v) is 11.9. The molecule has 4 heteroatoms. The highest BCUT2D eigenvalue weighted by atomic mass is 32.1. The lowest BCUT2D eigenvalue weighted by Crippen LogP contribution is -2.20. The maximum absolute atomic E-state index is 5.60. The van der Waals surface area contributed by atoms with Gasteiger partial charge < -0.3 is 10.6 Å². The van der Waals surface area contributed by atoms with Crippen LogP contribution in [0.2, 0.25) is 0 Å². The van der Waals surface area contributed by atoms with Crippen molar-refractivity contribution in [2.75, 3.05) is 11.9 Å². The summed E-state index contributed by atoms with van der Waals surface area (Å²) in [6, 6.07) is 14.2. The second-order valence-corrected chi connectivity index (χ2v) is 5.03. The lowest BCUT2D eigenvalue weighted by molar-refractivity contribution is 0.896. The van der Waals surface area contributed by atoms with Gasteiger partial charge in [-0.1, -0.05) is 48.1 Å². The highest BCUT2D eigenvalue weighted by molar-refractivity contribution is 7.80. The van der Waals surface area contributed by atoms with Gasteiger partial charge in [0, 0.05) is 13.6 Å². The highest BCUT2D eigenvalue weighted by Crippen LogP contribution is 2.14. The Morgan fingerprint density at radius 1 is 1.21 bits per heavy atom. The van der Waals surface area contributed by atoms with Crippen LogP contribution in [0.1, 0.15) is 16.8 Å². The third kappa shape index (κ3) is 3.51. The van der Waals surface area contributed by atoms with Crippen molar-refractivity contribution in [2.45, 2.75) is 13.5 Å². The molecule has 1 aromatic carbocycles. The van der Waals surface area contributed by atoms with Gasteiger partial charge in [-0.3, -0.25) is 0 Å². The maximum Gasteiger partial charge on any atom is 0.129 e. The molecular formula is C15H17N3S. The van der Waals surface area contributed by atoms with Gasteiger partial charge in [0.15, 0.2) is 0 Å². The topological polar surface area (TPSA) is 42.1 Å². The largest absolute Gasteiger partial charge is 0.388 e. The average molecular weight is 271 g/mol. The first kappa shape index (κ1) is 13.5. The van der Waals surface area contributed by atoms with Crippen molar-refractivity contribution in [3.63, 3.8) is 0 Å². The van der Waals surface area contributed by atoms with Gasteiger partial charge in [0.25, 0.3) is 0 Å². The van der Waals surface area contributed by atoms with Crippen molar-refractivity contribution in [3.8, 4) is 0 Å². The fraction of sp³-hybridized carbons (Fsp3) is 0.200. The SMILES string of the molecule is Cc1ccc(CN(C)c2cccc(C(N)=S)n2)cc1. The molecule has 98 valence electrons. The number of nitrogens with zero attached hydrogens (tertiary/aromatic N) is 2. The molecule has 2 aromatic rings. The molecule has 0 spiro atoms. The Balaban J connectivity index is 2.15. The van der Waals surface area contributed by atoms with Crippen molar-refractivity contribution in [1.82, 2.24) is 4.98 Å². The quantitative estimate of drug-likeness (QED) is 0.868. The van der Waals surface area contributed by atoms with Crippen molar-refractivity contribution in [3.05, 3.63) is 59.3 Å². The van der Waals surface area contributed by atoms with Crippen LogP contribution in [-0.4, -0.2) is 17.0 Å². The second-order valence-electron chi connectivity index (χ2n) is 4.59. The van der Waals surface area contributed by atoms with Gasteiger partial charge in [-0.15, -0.1) is 0 Å². The molecule has 1 heterocycles. The molecule has 2 rings (SSSR count). The summed E-state index contributed by atoms with van der Waals surface area (Å²) in [5.41, 5.74) is 8.77. The van der Waals surface area contributed by atoms with Crippen LogP contribution in [0.3, 0.4) is 0 Å². The monoisotopic (exact) mass is 271 g/mol. The molecule has 0 amide bonds. The standard InChI is InChI=1S/C15H17N3S/c1-11-6-8-12(9-7-11)10-18(2)14-5-3-4-13(17-14)15(16)19/h3-9H,10H2,1-2H3,(H2,16,19). The number of thiocarbonyl (C=S) groups is 1. The summed E-state index contributed by atoms with van der Waals surface area (Å²) in [6.07, 6.45) is 0. The predicted molar refractivity (Wildman–Crippen MR) is 83.4 cm³/mol. The Labute approximate surface area is 119 Å². The number of aryl methyl sites for hydroxylation is 1. The first-order chi connectivity index (χ1) is 9.06. The molecule has 0 atom stereocenters. The van der Waals surface area contributed by atoms with Gasteiger partial charge in [0.2, 0.25) is 0 Å². The second kappa shape index (κ2) is 5.80. The van der Waals surface area contributed by atoms with Gasteiger partial charge in [-0.25, -0.2) is 4.98 Å². The molecule has 0 aliphatic rings. The van der Waals surface area contributed by atoms with E-state index in [2.05, 4.69) is 41.1 Å². The van der Waals surface area contributed by atoms with Crippen LogP contribution in [0, 0.1) is 6.92 Å². The molecule has 3 nitrogen and oxygen atoms in total. The molecule has 1 aromatic heterocycles. The molecule has 0 aliphatic heterocycles. The Morgan fingerprint density at radius 3 is 2.53 bits per heavy atom. The number of anilines is 1. The van der Waals surface area contributed by atoms with E-state index >= 15 is 0 Å². The van der Waals surface area contributed by atoms with Gasteiger partial charge in [0.05, 0.1) is 5.69 Å². The first-order valence-corrected chi connectivity index (χ1v) is 6.50. The fourth-order valence-corrected chi connectivity index (χ4v) is 1.94. The van der Waals surface area contributed by atoms with Gasteiger partial charge >= 0.3 is 0 Å². The first-order valence-electron chi connectivity index (χ1n) is 6.10. The van der Waals surface area contributed by atoms with Crippen LogP contribution >= 0.6 is 12.2 Å². The molecule has 0 radical (unpaired) electrons. The van der Waals surface area contributed by atoms with E-state index < -0.39 is 0 Å². The van der Waals surface area contributed by atoms with Crippen molar-refractivity contribution in [2.24, 2.45) is 5.73 Å². The lowest BCUT2D eigenvalue weighted by Gasteiger charge is -2.19. The van der Waals surface area contributed by atoms with Crippen LogP contribution in [0.5, 0.6) is 0 Å².